The Kier molecular flexibility index (Phi) is 7.63. The number of carbonyl (C=O) groups is 1. The number of thiazole rings is 1. The van der Waals surface area contributed by atoms with Gasteiger partial charge in [-0.2, -0.15) is 0 Å². The van der Waals surface area contributed by atoms with Crippen LogP contribution in [0.25, 0.3) is 0 Å². The average Bonchev–Trinajstić information content (AvgIpc) is 3.13. The van der Waals surface area contributed by atoms with Crippen molar-refractivity contribution < 1.29 is 20.0 Å². The molecule has 1 aromatic carbocycles. The van der Waals surface area contributed by atoms with E-state index in [-0.39, 0.29) is 5.75 Å². The minimum Gasteiger partial charge on any atom is -0.491 e. The first-order chi connectivity index (χ1) is 13.4. The normalized spacial score (nSPS) is 12.1. The smallest absolute Gasteiger partial charge is 0.358 e. The van der Waals surface area contributed by atoms with Crippen LogP contribution in [0.5, 0.6) is 5.75 Å². The molecule has 1 atom stereocenters. The Hall–Kier alpha value is -2.43. The molecule has 0 saturated carbocycles. The van der Waals surface area contributed by atoms with Gasteiger partial charge in [0.15, 0.2) is 17.3 Å². The number of hydrogen-bond donors (Lipinski definition) is 0. The molecule has 5 nitrogen and oxygen atoms in total. The van der Waals surface area contributed by atoms with Crippen molar-refractivity contribution in [3.05, 3.63) is 45.7 Å². The van der Waals surface area contributed by atoms with Crippen LogP contribution in [0.15, 0.2) is 23.7 Å². The molecule has 0 spiro atoms. The molecule has 0 aliphatic carbocycles. The average molecular weight is 391 g/mol. The molecule has 1 unspecified atom stereocenters. The third kappa shape index (κ3) is 6.66. The van der Waals surface area contributed by atoms with Gasteiger partial charge in [-0.1, -0.05) is 11.8 Å². The largest absolute Gasteiger partial charge is 0.491 e. The monoisotopic (exact) mass is 391 g/mol. The van der Waals surface area contributed by atoms with E-state index in [0.29, 0.717) is 37.3 Å². The van der Waals surface area contributed by atoms with Gasteiger partial charge in [0.1, 0.15) is 0 Å². The summed E-state index contributed by atoms with van der Waals surface area (Å²) in [5, 5.41) is 0. The molecule has 1 heterocycles. The molecule has 2 aromatic rings. The van der Waals surface area contributed by atoms with Crippen LogP contribution in [0.3, 0.4) is 0 Å². The van der Waals surface area contributed by atoms with Crippen molar-refractivity contribution in [3.63, 3.8) is 0 Å². The van der Waals surface area contributed by atoms with E-state index in [1.54, 1.807) is 37.5 Å². The van der Waals surface area contributed by atoms with Gasteiger partial charge in [-0.3, -0.25) is 4.90 Å². The molecule has 144 valence electrons. The Labute approximate surface area is 164 Å². The van der Waals surface area contributed by atoms with Crippen LogP contribution < -0.4 is 4.74 Å². The number of nitrogens with zero attached hydrogens (tertiary/aromatic N) is 2. The van der Waals surface area contributed by atoms with Gasteiger partial charge < -0.3 is 9.47 Å². The Morgan fingerprint density at radius 1 is 1.44 bits per heavy atom. The summed E-state index contributed by atoms with van der Waals surface area (Å²) in [6, 6.07) is 4.49. The molecule has 27 heavy (non-hydrogen) atoms. The number of rotatable bonds is 8. The van der Waals surface area contributed by atoms with Crippen molar-refractivity contribution in [2.24, 2.45) is 0 Å². The third-order valence-electron chi connectivity index (χ3n) is 3.39. The maximum absolute atomic E-state index is 14.2. The van der Waals surface area contributed by atoms with Crippen LogP contribution in [-0.2, 0) is 11.2 Å². The zero-order valence-corrected chi connectivity index (χ0v) is 16.4. The summed E-state index contributed by atoms with van der Waals surface area (Å²) in [5.41, 5.74) is 2.44. The van der Waals surface area contributed by atoms with Crippen LogP contribution in [-0.4, -0.2) is 49.7 Å². The first kappa shape index (κ1) is 19.3. The van der Waals surface area contributed by atoms with Crippen molar-refractivity contribution in [2.45, 2.75) is 19.8 Å². The second-order valence-corrected chi connectivity index (χ2v) is 6.74. The number of halogens is 1. The van der Waals surface area contributed by atoms with Crippen molar-refractivity contribution in [1.29, 1.82) is 0 Å². The molecule has 0 N–H and O–H groups in total. The first-order valence-electron chi connectivity index (χ1n) is 9.12. The minimum atomic E-state index is -0.662. The summed E-state index contributed by atoms with van der Waals surface area (Å²) < 4.78 is 32.4. The lowest BCUT2D eigenvalue weighted by Crippen LogP contribution is -2.10. The van der Waals surface area contributed by atoms with Gasteiger partial charge in [-0.25, -0.2) is 14.2 Å². The summed E-state index contributed by atoms with van der Waals surface area (Å²) in [7, 11) is 3.51. The second kappa shape index (κ2) is 10.7. The molecule has 0 saturated heterocycles. The topological polar surface area (TPSA) is 51.7 Å². The highest BCUT2D eigenvalue weighted by Gasteiger charge is 2.15. The molecule has 1 aromatic heterocycles. The lowest BCUT2D eigenvalue weighted by Gasteiger charge is -2.07. The van der Waals surface area contributed by atoms with E-state index < -0.39 is 18.3 Å². The zero-order valence-electron chi connectivity index (χ0n) is 16.6. The van der Waals surface area contributed by atoms with E-state index in [1.165, 1.54) is 23.5 Å². The van der Waals surface area contributed by atoms with Crippen LogP contribution in [0.1, 0.15) is 35.6 Å². The number of aryl methyl sites for hydroxylation is 1. The highest BCUT2D eigenvalue weighted by molar-refractivity contribution is 7.09. The first-order valence-corrected chi connectivity index (χ1v) is 9.42. The minimum absolute atomic E-state index is 0.149. The Morgan fingerprint density at radius 3 is 2.96 bits per heavy atom. The van der Waals surface area contributed by atoms with Gasteiger partial charge in [0.05, 0.1) is 26.6 Å². The van der Waals surface area contributed by atoms with Gasteiger partial charge in [0.2, 0.25) is 0 Å². The van der Waals surface area contributed by atoms with Crippen LogP contribution in [0.2, 0.25) is 0 Å². The third-order valence-corrected chi connectivity index (χ3v) is 4.28. The second-order valence-electron chi connectivity index (χ2n) is 5.80. The quantitative estimate of drug-likeness (QED) is 0.392. The Morgan fingerprint density at radius 2 is 2.26 bits per heavy atom. The highest BCUT2D eigenvalue weighted by atomic mass is 32.1. The number of carbonyl (C=O) groups excluding carboxylic acids is 1. The highest BCUT2D eigenvalue weighted by Crippen LogP contribution is 2.20. The van der Waals surface area contributed by atoms with E-state index in [1.807, 2.05) is 0 Å². The lowest BCUT2D eigenvalue weighted by atomic mass is 10.2. The van der Waals surface area contributed by atoms with Crippen molar-refractivity contribution in [3.8, 4) is 17.6 Å². The molecular weight excluding hydrogens is 367 g/mol. The van der Waals surface area contributed by atoms with E-state index >= 15 is 0 Å². The van der Waals surface area contributed by atoms with E-state index in [9.17, 15) is 9.18 Å². The summed E-state index contributed by atoms with van der Waals surface area (Å²) in [5.74, 6) is 4.74. The molecule has 0 aliphatic rings. The summed E-state index contributed by atoms with van der Waals surface area (Å²) >= 11 is 1.39. The number of hydrogen-bond acceptors (Lipinski definition) is 6. The van der Waals surface area contributed by atoms with E-state index in [4.69, 9.17) is 10.8 Å². The predicted molar refractivity (Wildman–Crippen MR) is 104 cm³/mol. The van der Waals surface area contributed by atoms with Crippen molar-refractivity contribution in [1.82, 2.24) is 9.88 Å². The fourth-order valence-corrected chi connectivity index (χ4v) is 2.96. The zero-order chi connectivity index (χ0) is 20.5. The summed E-state index contributed by atoms with van der Waals surface area (Å²) in [4.78, 5) is 18.3. The van der Waals surface area contributed by atoms with Gasteiger partial charge in [0.25, 0.3) is 0 Å². The molecule has 0 bridgehead atoms. The Balaban J connectivity index is 1.87. The van der Waals surface area contributed by atoms with E-state index in [2.05, 4.69) is 16.8 Å². The summed E-state index contributed by atoms with van der Waals surface area (Å²) in [6.07, 6.45) is 1.21. The number of benzene rings is 1. The maximum atomic E-state index is 14.2. The van der Waals surface area contributed by atoms with Crippen molar-refractivity contribution >= 4 is 17.3 Å². The Bertz CT molecular complexity index is 861. The van der Waals surface area contributed by atoms with Gasteiger partial charge in [-0.15, -0.1) is 11.3 Å². The molecule has 2 rings (SSSR count). The standard InChI is InChI=1S/C20H23FN2O3S/c1-4-25-20(24)19-18(27-14-22-19)8-6-12-26-17-10-9-15(13-16(17)21)7-5-11-23(2)3/h9-10,13-14H,4,6,8,11-12H2,1-3H3/i11D. The molecule has 0 fully saturated rings. The van der Waals surface area contributed by atoms with Crippen LogP contribution in [0, 0.1) is 17.7 Å². The van der Waals surface area contributed by atoms with E-state index in [0.717, 1.165) is 4.88 Å². The SMILES string of the molecule is [2H]C(C#Cc1ccc(OCCCc2scnc2C(=O)OCC)c(F)c1)N(C)C. The number of aromatic nitrogens is 1. The maximum Gasteiger partial charge on any atom is 0.358 e. The molecule has 0 radical (unpaired) electrons. The number of esters is 1. The predicted octanol–water partition coefficient (Wildman–Crippen LogP) is 3.38. The fourth-order valence-electron chi connectivity index (χ4n) is 2.17. The molecular formula is C20H23FN2O3S. The van der Waals surface area contributed by atoms with Gasteiger partial charge in [-0.05, 0) is 52.1 Å². The van der Waals surface area contributed by atoms with Crippen LogP contribution in [0.4, 0.5) is 4.39 Å². The molecule has 0 amide bonds. The van der Waals surface area contributed by atoms with Crippen molar-refractivity contribution in [2.75, 3.05) is 33.8 Å². The lowest BCUT2D eigenvalue weighted by molar-refractivity contribution is 0.0519. The van der Waals surface area contributed by atoms with Crippen LogP contribution >= 0.6 is 11.3 Å². The number of ether oxygens (including phenoxy) is 2. The molecule has 0 aliphatic heterocycles. The molecule has 7 heteroatoms. The summed E-state index contributed by atoms with van der Waals surface area (Å²) in [6.45, 7) is 1.69. The van der Waals surface area contributed by atoms with Gasteiger partial charge >= 0.3 is 5.97 Å². The fraction of sp³-hybridized carbons (Fsp3) is 0.400. The van der Waals surface area contributed by atoms with Gasteiger partial charge in [0, 0.05) is 10.4 Å².